The van der Waals surface area contributed by atoms with Crippen molar-refractivity contribution in [1.29, 1.82) is 0 Å². The quantitative estimate of drug-likeness (QED) is 0.132. The molecule has 0 atom stereocenters. The lowest BCUT2D eigenvalue weighted by molar-refractivity contribution is -0.158. The number of esters is 8. The number of ether oxygens (including phenoxy) is 4. The van der Waals surface area contributed by atoms with Gasteiger partial charge in [0.15, 0.2) is 0 Å². The van der Waals surface area contributed by atoms with Gasteiger partial charge in [-0.25, -0.2) is 38.4 Å². The lowest BCUT2D eigenvalue weighted by Gasteiger charge is -2.33. The third-order valence-electron chi connectivity index (χ3n) is 9.27. The highest BCUT2D eigenvalue weighted by Gasteiger charge is 2.72. The highest BCUT2D eigenvalue weighted by molar-refractivity contribution is 6.15. The smallest absolute Gasteiger partial charge is 0.346 e. The molecular formula is C35H14O18. The third-order valence-corrected chi connectivity index (χ3v) is 9.27. The zero-order valence-corrected chi connectivity index (χ0v) is 26.0. The van der Waals surface area contributed by atoms with Gasteiger partial charge in [-0.3, -0.25) is 19.2 Å². The molecule has 53 heavy (non-hydrogen) atoms. The Morgan fingerprint density at radius 3 is 0.981 bits per heavy atom. The Hall–Kier alpha value is -7.50. The fourth-order valence-electron chi connectivity index (χ4n) is 6.78. The average Bonchev–Trinajstić information content (AvgIpc) is 3.85. The summed E-state index contributed by atoms with van der Waals surface area (Å²) in [5.41, 5.74) is -0.744. The minimum Gasteiger partial charge on any atom is -0.393 e. The second-order valence-electron chi connectivity index (χ2n) is 12.2. The van der Waals surface area contributed by atoms with E-state index in [-0.39, 0.29) is 43.8 Å². The molecule has 0 radical (unpaired) electrons. The van der Waals surface area contributed by atoms with Crippen LogP contribution in [0.1, 0.15) is 52.6 Å². The highest BCUT2D eigenvalue weighted by atomic mass is 16.6. The SMILES string of the molecule is O=C1OC(=O)C2C1C1C(=O)OC(=O)C21.O=C1OC(=O)c2cc(Cc3ccc4c(c3)C(=O)OC4=O)ccc21.O=c1oc(=O)c2cc3c(=O)oc(=O)c3cc12. The van der Waals surface area contributed by atoms with Crippen LogP contribution in [0.5, 0.6) is 0 Å². The summed E-state index contributed by atoms with van der Waals surface area (Å²) < 4.78 is 26.5. The van der Waals surface area contributed by atoms with E-state index in [1.54, 1.807) is 36.4 Å². The molecule has 0 spiro atoms. The van der Waals surface area contributed by atoms with Crippen molar-refractivity contribution >= 4 is 69.3 Å². The fraction of sp³-hybridized carbons (Fsp3) is 0.143. The number of cyclic esters (lactones) is 8. The summed E-state index contributed by atoms with van der Waals surface area (Å²) in [6.45, 7) is 0. The molecule has 18 heteroatoms. The van der Waals surface area contributed by atoms with Crippen LogP contribution >= 0.6 is 0 Å². The Kier molecular flexibility index (Phi) is 7.10. The molecule has 0 bridgehead atoms. The van der Waals surface area contributed by atoms with Gasteiger partial charge in [0.2, 0.25) is 0 Å². The van der Waals surface area contributed by atoms with Gasteiger partial charge in [0.05, 0.1) is 67.5 Å². The molecule has 0 N–H and O–H groups in total. The van der Waals surface area contributed by atoms with Crippen LogP contribution in [0.3, 0.4) is 0 Å². The van der Waals surface area contributed by atoms with Crippen LogP contribution in [0.2, 0.25) is 0 Å². The summed E-state index contributed by atoms with van der Waals surface area (Å²) in [6.07, 6.45) is 0.434. The van der Waals surface area contributed by atoms with Crippen molar-refractivity contribution in [2.45, 2.75) is 6.42 Å². The number of benzene rings is 3. The summed E-state index contributed by atoms with van der Waals surface area (Å²) in [5.74, 6) is -8.60. The van der Waals surface area contributed by atoms with E-state index < -0.39 is 93.9 Å². The normalized spacial score (nSPS) is 21.7. The van der Waals surface area contributed by atoms with E-state index in [2.05, 4.69) is 27.8 Å². The molecule has 3 aromatic carbocycles. The summed E-state index contributed by atoms with van der Waals surface area (Å²) in [7, 11) is 0. The summed E-state index contributed by atoms with van der Waals surface area (Å²) in [4.78, 5) is 135. The topological polar surface area (TPSA) is 268 Å². The monoisotopic (exact) mass is 722 g/mol. The fourth-order valence-corrected chi connectivity index (χ4v) is 6.78. The summed E-state index contributed by atoms with van der Waals surface area (Å²) in [5, 5.41) is -0.0726. The van der Waals surface area contributed by atoms with Crippen molar-refractivity contribution in [2.24, 2.45) is 23.7 Å². The van der Waals surface area contributed by atoms with Gasteiger partial charge in [-0.2, -0.15) is 0 Å². The van der Waals surface area contributed by atoms with E-state index in [9.17, 15) is 57.5 Å². The molecule has 0 unspecified atom stereocenters. The van der Waals surface area contributed by atoms with Crippen molar-refractivity contribution < 1.29 is 66.1 Å². The third kappa shape index (κ3) is 5.02. The maximum Gasteiger partial charge on any atom is 0.346 e. The number of carbonyl (C=O) groups is 8. The van der Waals surface area contributed by atoms with E-state index in [0.717, 1.165) is 23.3 Å². The zero-order valence-electron chi connectivity index (χ0n) is 26.0. The van der Waals surface area contributed by atoms with Gasteiger partial charge >= 0.3 is 70.3 Å². The van der Waals surface area contributed by atoms with Crippen LogP contribution in [-0.4, -0.2) is 47.8 Å². The van der Waals surface area contributed by atoms with Crippen LogP contribution in [0.15, 0.2) is 76.5 Å². The minimum absolute atomic E-state index is 0.0181. The van der Waals surface area contributed by atoms with E-state index in [1.165, 1.54) is 0 Å². The van der Waals surface area contributed by atoms with Gasteiger partial charge in [-0.05, 0) is 53.9 Å². The van der Waals surface area contributed by atoms with E-state index in [0.29, 0.717) is 6.42 Å². The molecule has 5 aliphatic rings. The molecule has 6 heterocycles. The first kappa shape index (κ1) is 32.7. The Balaban J connectivity index is 0.000000118. The maximum absolute atomic E-state index is 11.6. The van der Waals surface area contributed by atoms with E-state index in [1.807, 2.05) is 0 Å². The second kappa shape index (κ2) is 11.5. The number of hydrogen-bond donors (Lipinski definition) is 0. The first-order valence-electron chi connectivity index (χ1n) is 15.2. The molecule has 0 amide bonds. The van der Waals surface area contributed by atoms with Crippen LogP contribution in [0, 0.1) is 23.7 Å². The summed E-state index contributed by atoms with van der Waals surface area (Å²) in [6, 6.07) is 12.0. The number of rotatable bonds is 2. The summed E-state index contributed by atoms with van der Waals surface area (Å²) >= 11 is 0. The Bertz CT molecular complexity index is 2520. The number of carbonyl (C=O) groups excluding carboxylic acids is 8. The molecule has 1 saturated carbocycles. The zero-order chi connectivity index (χ0) is 37.6. The van der Waals surface area contributed by atoms with Crippen LogP contribution in [0.25, 0.3) is 21.5 Å². The van der Waals surface area contributed by atoms with Crippen molar-refractivity contribution in [3.8, 4) is 0 Å². The molecule has 4 aliphatic heterocycles. The molecule has 5 aromatic rings. The van der Waals surface area contributed by atoms with Crippen molar-refractivity contribution in [2.75, 3.05) is 0 Å². The lowest BCUT2D eigenvalue weighted by atomic mass is 9.59. The van der Waals surface area contributed by atoms with E-state index >= 15 is 0 Å². The molecule has 18 nitrogen and oxygen atoms in total. The predicted octanol–water partition coefficient (Wildman–Crippen LogP) is 0.0256. The molecule has 2 aromatic heterocycles. The second-order valence-corrected chi connectivity index (χ2v) is 12.2. The first-order valence-corrected chi connectivity index (χ1v) is 15.2. The van der Waals surface area contributed by atoms with Crippen LogP contribution < -0.4 is 22.5 Å². The van der Waals surface area contributed by atoms with Gasteiger partial charge in [0, 0.05) is 0 Å². The average molecular weight is 722 g/mol. The lowest BCUT2D eigenvalue weighted by Crippen LogP contribution is -2.50. The van der Waals surface area contributed by atoms with Gasteiger partial charge < -0.3 is 27.8 Å². The van der Waals surface area contributed by atoms with Crippen LogP contribution in [-0.2, 0) is 44.5 Å². The maximum atomic E-state index is 11.6. The van der Waals surface area contributed by atoms with Gasteiger partial charge in [0.25, 0.3) is 0 Å². The predicted molar refractivity (Wildman–Crippen MR) is 165 cm³/mol. The van der Waals surface area contributed by atoms with Crippen molar-refractivity contribution in [1.82, 2.24) is 0 Å². The molecular weight excluding hydrogens is 708 g/mol. The van der Waals surface area contributed by atoms with Crippen molar-refractivity contribution in [3.63, 3.8) is 0 Å². The minimum atomic E-state index is -0.824. The largest absolute Gasteiger partial charge is 0.393 e. The van der Waals surface area contributed by atoms with E-state index in [4.69, 9.17) is 0 Å². The first-order chi connectivity index (χ1) is 25.2. The molecule has 10 rings (SSSR count). The number of hydrogen-bond acceptors (Lipinski definition) is 18. The standard InChI is InChI=1S/C17H8O6.C10H2O6.C8H4O6/c18-14-10-3-1-8(6-12(10)16(20)22-14)5-9-2-4-11-13(7-9)17(21)23-15(11)19;11-7-3-1-4-6(10(14)16-8(4)12)2-5(3)9(13)15-7;9-5-1-2(6(10)13-5)4-3(1)7(11)14-8(4)12/h1-4,6-7H,5H2;1-2H;1-4H. The Morgan fingerprint density at radius 1 is 0.358 bits per heavy atom. The van der Waals surface area contributed by atoms with Gasteiger partial charge in [-0.1, -0.05) is 12.1 Å². The van der Waals surface area contributed by atoms with Gasteiger partial charge in [0.1, 0.15) is 0 Å². The number of fused-ring (bicyclic) bond motifs is 8. The molecule has 262 valence electrons. The molecule has 3 fully saturated rings. The van der Waals surface area contributed by atoms with Crippen LogP contribution in [0.4, 0.5) is 0 Å². The number of furan rings is 2. The molecule has 1 aliphatic carbocycles. The Morgan fingerprint density at radius 2 is 0.660 bits per heavy atom. The molecule has 2 saturated heterocycles. The van der Waals surface area contributed by atoms with Gasteiger partial charge in [-0.15, -0.1) is 0 Å². The highest BCUT2D eigenvalue weighted by Crippen LogP contribution is 2.54. The Labute approximate surface area is 289 Å². The van der Waals surface area contributed by atoms with Crippen molar-refractivity contribution in [3.05, 3.63) is 124 Å².